The van der Waals surface area contributed by atoms with Crippen molar-refractivity contribution in [2.45, 2.75) is 19.4 Å². The van der Waals surface area contributed by atoms with Gasteiger partial charge < -0.3 is 14.4 Å². The number of sulfone groups is 1. The summed E-state index contributed by atoms with van der Waals surface area (Å²) >= 11 is 0. The minimum Gasteiger partial charge on any atom is -0.444 e. The van der Waals surface area contributed by atoms with Crippen molar-refractivity contribution in [1.82, 2.24) is 0 Å². The predicted molar refractivity (Wildman–Crippen MR) is 100 cm³/mol. The van der Waals surface area contributed by atoms with Gasteiger partial charge in [0.05, 0.1) is 36.9 Å². The van der Waals surface area contributed by atoms with Crippen molar-refractivity contribution < 1.29 is 27.1 Å². The van der Waals surface area contributed by atoms with E-state index in [0.29, 0.717) is 37.7 Å². The number of hydrogen-bond donors (Lipinski definition) is 0. The van der Waals surface area contributed by atoms with E-state index < -0.39 is 27.9 Å². The first kappa shape index (κ1) is 19.6. The second-order valence-corrected chi connectivity index (χ2v) is 8.48. The second-order valence-electron chi connectivity index (χ2n) is 6.48. The van der Waals surface area contributed by atoms with E-state index >= 15 is 0 Å². The predicted octanol–water partition coefficient (Wildman–Crippen LogP) is 2.33. The van der Waals surface area contributed by atoms with Gasteiger partial charge in [0, 0.05) is 24.9 Å². The van der Waals surface area contributed by atoms with Gasteiger partial charge in [-0.2, -0.15) is 0 Å². The molecule has 2 aliphatic heterocycles. The van der Waals surface area contributed by atoms with Crippen LogP contribution >= 0.6 is 0 Å². The van der Waals surface area contributed by atoms with Crippen LogP contribution in [0.4, 0.5) is 20.6 Å². The van der Waals surface area contributed by atoms with Gasteiger partial charge in [-0.25, -0.2) is 17.6 Å². The average Bonchev–Trinajstić information content (AvgIpc) is 3.01. The third-order valence-corrected chi connectivity index (χ3v) is 6.03. The van der Waals surface area contributed by atoms with Crippen molar-refractivity contribution in [3.8, 4) is 0 Å². The van der Waals surface area contributed by atoms with Crippen molar-refractivity contribution in [1.29, 1.82) is 0 Å². The number of carbonyl (C=O) groups is 1. The quantitative estimate of drug-likeness (QED) is 0.732. The zero-order valence-electron chi connectivity index (χ0n) is 15.1. The molecular formula is C18H23FN2O5S. The highest BCUT2D eigenvalue weighted by atomic mass is 32.2. The Morgan fingerprint density at radius 3 is 2.70 bits per heavy atom. The summed E-state index contributed by atoms with van der Waals surface area (Å²) in [4.78, 5) is 15.4. The number of hydrogen-bond acceptors (Lipinski definition) is 6. The van der Waals surface area contributed by atoms with Crippen molar-refractivity contribution in [2.24, 2.45) is 0 Å². The number of nitrogens with zero attached hydrogens (tertiary/aromatic N) is 2. The average molecular weight is 398 g/mol. The molecule has 0 aromatic heterocycles. The lowest BCUT2D eigenvalue weighted by atomic mass is 10.2. The molecular weight excluding hydrogens is 375 g/mol. The fourth-order valence-corrected chi connectivity index (χ4v) is 4.32. The molecule has 0 aliphatic carbocycles. The maximum Gasteiger partial charge on any atom is 0.414 e. The van der Waals surface area contributed by atoms with Crippen molar-refractivity contribution in [3.63, 3.8) is 0 Å². The molecule has 0 radical (unpaired) electrons. The fourth-order valence-electron chi connectivity index (χ4n) is 3.18. The minimum atomic E-state index is -3.31. The van der Waals surface area contributed by atoms with Gasteiger partial charge in [-0.1, -0.05) is 6.08 Å². The highest BCUT2D eigenvalue weighted by Gasteiger charge is 2.33. The number of amides is 1. The van der Waals surface area contributed by atoms with E-state index in [0.717, 1.165) is 5.41 Å². The molecule has 0 saturated carbocycles. The standard InChI is InChI=1S/C18H23FN2O5S/c1-2-10-27(23,24)11-5-15-13-21(18(22)26-15)14-3-4-17(16(19)12-14)20-6-8-25-9-7-20/h2-4,10,12,15H,5-9,11,13H2,1H3/b10-2+/t15-/m0/s1. The first-order valence-corrected chi connectivity index (χ1v) is 10.6. The maximum atomic E-state index is 14.6. The smallest absolute Gasteiger partial charge is 0.414 e. The second kappa shape index (κ2) is 8.26. The number of halogens is 1. The summed E-state index contributed by atoms with van der Waals surface area (Å²) in [5.41, 5.74) is 0.872. The first-order chi connectivity index (χ1) is 12.9. The summed E-state index contributed by atoms with van der Waals surface area (Å²) in [5.74, 6) is -0.519. The van der Waals surface area contributed by atoms with Crippen LogP contribution in [0.1, 0.15) is 13.3 Å². The van der Waals surface area contributed by atoms with Crippen LogP contribution in [0.5, 0.6) is 0 Å². The lowest BCUT2D eigenvalue weighted by Crippen LogP contribution is -2.36. The molecule has 1 aromatic carbocycles. The van der Waals surface area contributed by atoms with Crippen molar-refractivity contribution in [3.05, 3.63) is 35.5 Å². The Kier molecular flexibility index (Phi) is 6.01. The number of anilines is 2. The Labute approximate surface area is 158 Å². The zero-order chi connectivity index (χ0) is 19.4. The minimum absolute atomic E-state index is 0.104. The number of benzene rings is 1. The van der Waals surface area contributed by atoms with E-state index in [1.54, 1.807) is 19.1 Å². The van der Waals surface area contributed by atoms with Crippen LogP contribution in [-0.2, 0) is 19.3 Å². The van der Waals surface area contributed by atoms with Gasteiger partial charge in [0.2, 0.25) is 0 Å². The van der Waals surface area contributed by atoms with Crippen LogP contribution in [0.3, 0.4) is 0 Å². The summed E-state index contributed by atoms with van der Waals surface area (Å²) < 4.78 is 48.6. The van der Waals surface area contributed by atoms with Crippen molar-refractivity contribution >= 4 is 27.3 Å². The molecule has 7 nitrogen and oxygen atoms in total. The van der Waals surface area contributed by atoms with Crippen LogP contribution in [0.15, 0.2) is 29.7 Å². The van der Waals surface area contributed by atoms with Gasteiger partial charge in [-0.3, -0.25) is 4.90 Å². The Balaban J connectivity index is 1.66. The molecule has 2 saturated heterocycles. The third-order valence-electron chi connectivity index (χ3n) is 4.54. The molecule has 9 heteroatoms. The molecule has 2 fully saturated rings. The van der Waals surface area contributed by atoms with Crippen LogP contribution in [0, 0.1) is 5.82 Å². The normalized spacial score (nSPS) is 21.1. The van der Waals surface area contributed by atoms with E-state index in [1.807, 2.05) is 4.90 Å². The molecule has 1 aromatic rings. The zero-order valence-corrected chi connectivity index (χ0v) is 16.0. The number of rotatable bonds is 6. The molecule has 2 heterocycles. The van der Waals surface area contributed by atoms with E-state index in [9.17, 15) is 17.6 Å². The molecule has 2 aliphatic rings. The molecule has 148 valence electrons. The molecule has 0 bridgehead atoms. The topological polar surface area (TPSA) is 76.2 Å². The third kappa shape index (κ3) is 4.78. The SMILES string of the molecule is C/C=C/S(=O)(=O)CC[C@H]1CN(c2ccc(N3CCOCC3)c(F)c2)C(=O)O1. The summed E-state index contributed by atoms with van der Waals surface area (Å²) in [5, 5.41) is 1.14. The van der Waals surface area contributed by atoms with Gasteiger partial charge >= 0.3 is 6.09 Å². The molecule has 27 heavy (non-hydrogen) atoms. The lowest BCUT2D eigenvalue weighted by Gasteiger charge is -2.29. The molecule has 0 spiro atoms. The van der Waals surface area contributed by atoms with Crippen LogP contribution in [0.25, 0.3) is 0 Å². The highest BCUT2D eigenvalue weighted by molar-refractivity contribution is 7.94. The summed E-state index contributed by atoms with van der Waals surface area (Å²) in [7, 11) is -3.31. The number of morpholine rings is 1. The highest BCUT2D eigenvalue weighted by Crippen LogP contribution is 2.29. The number of carbonyl (C=O) groups excluding carboxylic acids is 1. The van der Waals surface area contributed by atoms with E-state index in [2.05, 4.69) is 0 Å². The van der Waals surface area contributed by atoms with Gasteiger partial charge in [-0.15, -0.1) is 0 Å². The Morgan fingerprint density at radius 2 is 2.04 bits per heavy atom. The van der Waals surface area contributed by atoms with E-state index in [1.165, 1.54) is 17.0 Å². The largest absolute Gasteiger partial charge is 0.444 e. The van der Waals surface area contributed by atoms with Crippen LogP contribution in [-0.4, -0.2) is 59.2 Å². The van der Waals surface area contributed by atoms with E-state index in [4.69, 9.17) is 9.47 Å². The van der Waals surface area contributed by atoms with Gasteiger partial charge in [0.1, 0.15) is 11.9 Å². The number of cyclic esters (lactones) is 1. The summed E-state index contributed by atoms with van der Waals surface area (Å²) in [6.07, 6.45) is 0.520. The fraction of sp³-hybridized carbons (Fsp3) is 0.500. The first-order valence-electron chi connectivity index (χ1n) is 8.85. The van der Waals surface area contributed by atoms with Gasteiger partial charge in [0.15, 0.2) is 9.84 Å². The molecule has 1 amide bonds. The molecule has 1 atom stereocenters. The Morgan fingerprint density at radius 1 is 1.30 bits per heavy atom. The van der Waals surface area contributed by atoms with E-state index in [-0.39, 0.29) is 18.7 Å². The maximum absolute atomic E-state index is 14.6. The number of allylic oxidation sites excluding steroid dienone is 1. The molecule has 0 N–H and O–H groups in total. The Hall–Kier alpha value is -2.13. The molecule has 0 unspecified atom stereocenters. The monoisotopic (exact) mass is 398 g/mol. The van der Waals surface area contributed by atoms with Crippen molar-refractivity contribution in [2.75, 3.05) is 48.4 Å². The Bertz CT molecular complexity index is 821. The van der Waals surface area contributed by atoms with Gasteiger partial charge in [0.25, 0.3) is 0 Å². The summed E-state index contributed by atoms with van der Waals surface area (Å²) in [6.45, 7) is 4.16. The number of ether oxygens (including phenoxy) is 2. The lowest BCUT2D eigenvalue weighted by molar-refractivity contribution is 0.122. The van der Waals surface area contributed by atoms with Crippen LogP contribution in [0.2, 0.25) is 0 Å². The summed E-state index contributed by atoms with van der Waals surface area (Å²) in [6, 6.07) is 4.63. The molecule has 3 rings (SSSR count). The van der Waals surface area contributed by atoms with Gasteiger partial charge in [-0.05, 0) is 25.1 Å². The van der Waals surface area contributed by atoms with Crippen LogP contribution < -0.4 is 9.80 Å².